The Labute approximate surface area is 97.6 Å². The molecule has 1 aliphatic carbocycles. The number of amides is 1. The molecular formula is C11H12N2O4. The molecule has 0 atom stereocenters. The SMILES string of the molecule is COc1ccc(C(=O)NC2(C(=O)O)CC2)cn1. The van der Waals surface area contributed by atoms with E-state index in [1.807, 2.05) is 0 Å². The van der Waals surface area contributed by atoms with Crippen LogP contribution in [0.3, 0.4) is 0 Å². The summed E-state index contributed by atoms with van der Waals surface area (Å²) in [7, 11) is 1.48. The van der Waals surface area contributed by atoms with Crippen molar-refractivity contribution < 1.29 is 19.4 Å². The second kappa shape index (κ2) is 4.04. The topological polar surface area (TPSA) is 88.5 Å². The Morgan fingerprint density at radius 2 is 2.18 bits per heavy atom. The van der Waals surface area contributed by atoms with Crippen molar-refractivity contribution in [2.45, 2.75) is 18.4 Å². The molecule has 1 heterocycles. The van der Waals surface area contributed by atoms with Gasteiger partial charge in [0.2, 0.25) is 5.88 Å². The number of nitrogens with zero attached hydrogens (tertiary/aromatic N) is 1. The normalized spacial score (nSPS) is 16.1. The van der Waals surface area contributed by atoms with Crippen LogP contribution in [0.25, 0.3) is 0 Å². The maximum Gasteiger partial charge on any atom is 0.329 e. The van der Waals surface area contributed by atoms with Crippen LogP contribution < -0.4 is 10.1 Å². The fraction of sp³-hybridized carbons (Fsp3) is 0.364. The van der Waals surface area contributed by atoms with Crippen molar-refractivity contribution in [2.24, 2.45) is 0 Å². The van der Waals surface area contributed by atoms with Crippen molar-refractivity contribution >= 4 is 11.9 Å². The van der Waals surface area contributed by atoms with Gasteiger partial charge in [0.15, 0.2) is 0 Å². The first-order valence-electron chi connectivity index (χ1n) is 5.13. The molecule has 0 unspecified atom stereocenters. The standard InChI is InChI=1S/C11H12N2O4/c1-17-8-3-2-7(6-12-8)9(14)13-11(4-5-11)10(15)16/h2-3,6H,4-5H2,1H3,(H,13,14)(H,15,16). The van der Waals surface area contributed by atoms with Gasteiger partial charge in [0, 0.05) is 12.3 Å². The van der Waals surface area contributed by atoms with E-state index in [2.05, 4.69) is 10.3 Å². The van der Waals surface area contributed by atoms with Gasteiger partial charge in [0.25, 0.3) is 5.91 Å². The van der Waals surface area contributed by atoms with E-state index in [4.69, 9.17) is 9.84 Å². The number of nitrogens with one attached hydrogen (secondary N) is 1. The van der Waals surface area contributed by atoms with E-state index in [9.17, 15) is 9.59 Å². The number of rotatable bonds is 4. The predicted molar refractivity (Wildman–Crippen MR) is 57.9 cm³/mol. The molecule has 90 valence electrons. The summed E-state index contributed by atoms with van der Waals surface area (Å²) in [5, 5.41) is 11.4. The van der Waals surface area contributed by atoms with E-state index >= 15 is 0 Å². The molecule has 2 N–H and O–H groups in total. The molecule has 2 rings (SSSR count). The molecular weight excluding hydrogens is 224 g/mol. The fourth-order valence-corrected chi connectivity index (χ4v) is 1.44. The molecule has 6 nitrogen and oxygen atoms in total. The first-order valence-corrected chi connectivity index (χ1v) is 5.13. The van der Waals surface area contributed by atoms with Gasteiger partial charge in [-0.05, 0) is 18.9 Å². The molecule has 1 amide bonds. The van der Waals surface area contributed by atoms with Crippen LogP contribution >= 0.6 is 0 Å². The average Bonchev–Trinajstić information content (AvgIpc) is 3.10. The monoisotopic (exact) mass is 236 g/mol. The molecule has 1 fully saturated rings. The third-order valence-electron chi connectivity index (χ3n) is 2.72. The van der Waals surface area contributed by atoms with Crippen LogP contribution in [0, 0.1) is 0 Å². The van der Waals surface area contributed by atoms with E-state index in [0.717, 1.165) is 0 Å². The summed E-state index contributed by atoms with van der Waals surface area (Å²) in [5.41, 5.74) is -0.755. The third-order valence-corrected chi connectivity index (χ3v) is 2.72. The third kappa shape index (κ3) is 2.20. The number of pyridine rings is 1. The van der Waals surface area contributed by atoms with Crippen LogP contribution in [0.4, 0.5) is 0 Å². The lowest BCUT2D eigenvalue weighted by molar-refractivity contribution is -0.140. The highest BCUT2D eigenvalue weighted by Crippen LogP contribution is 2.35. The van der Waals surface area contributed by atoms with Gasteiger partial charge in [-0.15, -0.1) is 0 Å². The Kier molecular flexibility index (Phi) is 2.71. The van der Waals surface area contributed by atoms with Gasteiger partial charge in [-0.3, -0.25) is 4.79 Å². The number of aliphatic carboxylic acids is 1. The molecule has 0 saturated heterocycles. The summed E-state index contributed by atoms with van der Waals surface area (Å²) in [6, 6.07) is 3.09. The smallest absolute Gasteiger partial charge is 0.329 e. The largest absolute Gasteiger partial charge is 0.481 e. The molecule has 0 radical (unpaired) electrons. The Balaban J connectivity index is 2.07. The van der Waals surface area contributed by atoms with Gasteiger partial charge >= 0.3 is 5.97 Å². The number of hydrogen-bond acceptors (Lipinski definition) is 4. The Morgan fingerprint density at radius 1 is 1.47 bits per heavy atom. The highest BCUT2D eigenvalue weighted by Gasteiger charge is 2.51. The van der Waals surface area contributed by atoms with Crippen LogP contribution in [-0.2, 0) is 4.79 Å². The quantitative estimate of drug-likeness (QED) is 0.791. The molecule has 0 spiro atoms. The molecule has 1 aliphatic rings. The van der Waals surface area contributed by atoms with E-state index in [0.29, 0.717) is 24.3 Å². The van der Waals surface area contributed by atoms with E-state index in [1.165, 1.54) is 13.3 Å². The molecule has 6 heteroatoms. The van der Waals surface area contributed by atoms with Crippen molar-refractivity contribution in [2.75, 3.05) is 7.11 Å². The number of carbonyl (C=O) groups is 2. The van der Waals surface area contributed by atoms with Crippen molar-refractivity contribution in [1.29, 1.82) is 0 Å². The minimum atomic E-state index is -1.07. The van der Waals surface area contributed by atoms with Crippen molar-refractivity contribution in [3.8, 4) is 5.88 Å². The summed E-state index contributed by atoms with van der Waals surface area (Å²) >= 11 is 0. The van der Waals surface area contributed by atoms with Gasteiger partial charge < -0.3 is 15.2 Å². The second-order valence-corrected chi connectivity index (χ2v) is 3.93. The Bertz CT molecular complexity index is 451. The number of hydrogen-bond donors (Lipinski definition) is 2. The van der Waals surface area contributed by atoms with Gasteiger partial charge in [-0.25, -0.2) is 9.78 Å². The summed E-state index contributed by atoms with van der Waals surface area (Å²) in [4.78, 5) is 26.5. The first-order chi connectivity index (χ1) is 8.07. The molecule has 1 aromatic rings. The highest BCUT2D eigenvalue weighted by atomic mass is 16.5. The predicted octanol–water partition coefficient (Wildman–Crippen LogP) is 0.437. The van der Waals surface area contributed by atoms with Crippen LogP contribution in [0.5, 0.6) is 5.88 Å². The zero-order valence-corrected chi connectivity index (χ0v) is 9.27. The number of aromatic nitrogens is 1. The van der Waals surface area contributed by atoms with E-state index < -0.39 is 17.4 Å². The van der Waals surface area contributed by atoms with Gasteiger partial charge in [0.1, 0.15) is 5.54 Å². The number of carbonyl (C=O) groups excluding carboxylic acids is 1. The fourth-order valence-electron chi connectivity index (χ4n) is 1.44. The Morgan fingerprint density at radius 3 is 2.59 bits per heavy atom. The maximum atomic E-state index is 11.7. The lowest BCUT2D eigenvalue weighted by Gasteiger charge is -2.12. The number of carboxylic acids is 1. The van der Waals surface area contributed by atoms with Crippen molar-refractivity contribution in [3.05, 3.63) is 23.9 Å². The zero-order valence-electron chi connectivity index (χ0n) is 9.27. The maximum absolute atomic E-state index is 11.7. The summed E-state index contributed by atoms with van der Waals surface area (Å²) in [6.07, 6.45) is 2.29. The van der Waals surface area contributed by atoms with Gasteiger partial charge in [0.05, 0.1) is 12.7 Å². The molecule has 17 heavy (non-hydrogen) atoms. The molecule has 1 saturated carbocycles. The van der Waals surface area contributed by atoms with Gasteiger partial charge in [-0.2, -0.15) is 0 Å². The summed E-state index contributed by atoms with van der Waals surface area (Å²) < 4.78 is 4.86. The number of methoxy groups -OCH3 is 1. The van der Waals surface area contributed by atoms with Crippen LogP contribution in [-0.4, -0.2) is 34.6 Å². The van der Waals surface area contributed by atoms with Crippen molar-refractivity contribution in [3.63, 3.8) is 0 Å². The van der Waals surface area contributed by atoms with Crippen LogP contribution in [0.15, 0.2) is 18.3 Å². The number of carboxylic acid groups (broad SMARTS) is 1. The Hall–Kier alpha value is -2.11. The first kappa shape index (κ1) is 11.4. The molecule has 0 aliphatic heterocycles. The highest BCUT2D eigenvalue weighted by molar-refractivity contribution is 5.98. The number of ether oxygens (including phenoxy) is 1. The molecule has 0 bridgehead atoms. The van der Waals surface area contributed by atoms with Crippen LogP contribution in [0.1, 0.15) is 23.2 Å². The molecule has 1 aromatic heterocycles. The van der Waals surface area contributed by atoms with E-state index in [-0.39, 0.29) is 0 Å². The lowest BCUT2D eigenvalue weighted by atomic mass is 10.2. The van der Waals surface area contributed by atoms with Crippen molar-refractivity contribution in [1.82, 2.24) is 10.3 Å². The second-order valence-electron chi connectivity index (χ2n) is 3.93. The van der Waals surface area contributed by atoms with E-state index in [1.54, 1.807) is 12.1 Å². The zero-order chi connectivity index (χ0) is 12.5. The summed E-state index contributed by atoms with van der Waals surface area (Å²) in [6.45, 7) is 0. The minimum absolute atomic E-state index is 0.318. The molecule has 0 aromatic carbocycles. The summed E-state index contributed by atoms with van der Waals surface area (Å²) in [5.74, 6) is -1.02. The van der Waals surface area contributed by atoms with Crippen LogP contribution in [0.2, 0.25) is 0 Å². The lowest BCUT2D eigenvalue weighted by Crippen LogP contribution is -2.43. The van der Waals surface area contributed by atoms with Gasteiger partial charge in [-0.1, -0.05) is 0 Å². The average molecular weight is 236 g/mol. The minimum Gasteiger partial charge on any atom is -0.481 e.